The zero-order valence-electron chi connectivity index (χ0n) is 11.3. The maximum Gasteiger partial charge on any atom is 0.317 e. The number of thioether (sulfide) groups is 1. The second-order valence-corrected chi connectivity index (χ2v) is 6.97. The van der Waals surface area contributed by atoms with Crippen molar-refractivity contribution in [3.63, 3.8) is 0 Å². The van der Waals surface area contributed by atoms with Gasteiger partial charge < -0.3 is 9.64 Å². The summed E-state index contributed by atoms with van der Waals surface area (Å²) in [4.78, 5) is 26.6. The number of hydrogen-bond acceptors (Lipinski definition) is 5. The number of esters is 1. The molecule has 5 heteroatoms. The van der Waals surface area contributed by atoms with Crippen molar-refractivity contribution < 1.29 is 14.3 Å². The highest BCUT2D eigenvalue weighted by Gasteiger charge is 2.57. The SMILES string of the molecule is CCOC(=O)C1C(=O)C(C)SC12CCN(C)CC2. The Morgan fingerprint density at radius 3 is 2.67 bits per heavy atom. The summed E-state index contributed by atoms with van der Waals surface area (Å²) in [6.07, 6.45) is 1.79. The molecule has 0 aromatic carbocycles. The van der Waals surface area contributed by atoms with Crippen molar-refractivity contribution in [2.75, 3.05) is 26.7 Å². The molecule has 2 saturated heterocycles. The summed E-state index contributed by atoms with van der Waals surface area (Å²) < 4.78 is 4.90. The average molecular weight is 271 g/mol. The third-order valence-corrected chi connectivity index (χ3v) is 5.68. The summed E-state index contributed by atoms with van der Waals surface area (Å²) in [7, 11) is 2.08. The minimum Gasteiger partial charge on any atom is -0.465 e. The van der Waals surface area contributed by atoms with Crippen molar-refractivity contribution in [3.8, 4) is 0 Å². The Hall–Kier alpha value is -0.550. The summed E-state index contributed by atoms with van der Waals surface area (Å²) in [6.45, 7) is 5.94. The standard InChI is InChI=1S/C13H21NO3S/c1-4-17-12(16)10-11(15)9(2)18-13(10)5-7-14(3)8-6-13/h9-10H,4-8H2,1-3H3. The maximum atomic E-state index is 12.2. The van der Waals surface area contributed by atoms with Gasteiger partial charge in [0, 0.05) is 4.75 Å². The highest BCUT2D eigenvalue weighted by Crippen LogP contribution is 2.51. The highest BCUT2D eigenvalue weighted by molar-refractivity contribution is 8.02. The van der Waals surface area contributed by atoms with Gasteiger partial charge in [0.1, 0.15) is 5.92 Å². The second kappa shape index (κ2) is 5.21. The van der Waals surface area contributed by atoms with E-state index in [1.807, 2.05) is 6.92 Å². The quantitative estimate of drug-likeness (QED) is 0.560. The number of ether oxygens (including phenoxy) is 1. The van der Waals surface area contributed by atoms with Crippen molar-refractivity contribution in [1.29, 1.82) is 0 Å². The van der Waals surface area contributed by atoms with E-state index in [4.69, 9.17) is 4.74 Å². The lowest BCUT2D eigenvalue weighted by molar-refractivity contribution is -0.152. The largest absolute Gasteiger partial charge is 0.465 e. The Bertz CT molecular complexity index is 350. The van der Waals surface area contributed by atoms with Crippen LogP contribution in [0.2, 0.25) is 0 Å². The molecule has 2 fully saturated rings. The Morgan fingerprint density at radius 2 is 2.11 bits per heavy atom. The number of rotatable bonds is 2. The predicted octanol–water partition coefficient (Wildman–Crippen LogP) is 1.33. The summed E-state index contributed by atoms with van der Waals surface area (Å²) in [5, 5.41) is -0.0807. The van der Waals surface area contributed by atoms with Crippen LogP contribution in [0.25, 0.3) is 0 Å². The first-order valence-corrected chi connectivity index (χ1v) is 7.45. The van der Waals surface area contributed by atoms with Crippen LogP contribution in [0.5, 0.6) is 0 Å². The van der Waals surface area contributed by atoms with Gasteiger partial charge in [0.05, 0.1) is 11.9 Å². The molecule has 18 heavy (non-hydrogen) atoms. The van der Waals surface area contributed by atoms with Crippen LogP contribution < -0.4 is 0 Å². The van der Waals surface area contributed by atoms with E-state index in [2.05, 4.69) is 11.9 Å². The molecule has 0 amide bonds. The lowest BCUT2D eigenvalue weighted by Gasteiger charge is -2.39. The monoisotopic (exact) mass is 271 g/mol. The molecule has 102 valence electrons. The van der Waals surface area contributed by atoms with Gasteiger partial charge in [-0.1, -0.05) is 0 Å². The summed E-state index contributed by atoms with van der Waals surface area (Å²) in [5.74, 6) is -0.807. The van der Waals surface area contributed by atoms with Gasteiger partial charge in [-0.2, -0.15) is 0 Å². The molecule has 2 atom stereocenters. The smallest absolute Gasteiger partial charge is 0.317 e. The number of nitrogens with zero attached hydrogens (tertiary/aromatic N) is 1. The number of carbonyl (C=O) groups is 2. The summed E-state index contributed by atoms with van der Waals surface area (Å²) in [5.41, 5.74) is 0. The number of hydrogen-bond donors (Lipinski definition) is 0. The molecular formula is C13H21NO3S. The number of likely N-dealkylation sites (tertiary alicyclic amines) is 1. The fourth-order valence-corrected chi connectivity index (χ4v) is 4.66. The molecule has 0 N–H and O–H groups in total. The molecule has 0 aliphatic carbocycles. The van der Waals surface area contributed by atoms with Gasteiger partial charge >= 0.3 is 5.97 Å². The predicted molar refractivity (Wildman–Crippen MR) is 71.6 cm³/mol. The lowest BCUT2D eigenvalue weighted by Crippen LogP contribution is -2.47. The van der Waals surface area contributed by atoms with Crippen LogP contribution in [-0.2, 0) is 14.3 Å². The van der Waals surface area contributed by atoms with Crippen LogP contribution in [-0.4, -0.2) is 53.4 Å². The normalized spacial score (nSPS) is 31.8. The van der Waals surface area contributed by atoms with E-state index < -0.39 is 5.92 Å². The molecule has 0 aromatic heterocycles. The summed E-state index contributed by atoms with van der Waals surface area (Å²) in [6, 6.07) is 0. The van der Waals surface area contributed by atoms with Crippen molar-refractivity contribution >= 4 is 23.5 Å². The first-order chi connectivity index (χ1) is 8.50. The molecule has 2 aliphatic rings. The van der Waals surface area contributed by atoms with Gasteiger partial charge in [-0.3, -0.25) is 9.59 Å². The van der Waals surface area contributed by atoms with E-state index >= 15 is 0 Å². The van der Waals surface area contributed by atoms with E-state index in [0.29, 0.717) is 6.61 Å². The van der Waals surface area contributed by atoms with E-state index in [9.17, 15) is 9.59 Å². The maximum absolute atomic E-state index is 12.2. The Labute approximate surface area is 112 Å². The van der Waals surface area contributed by atoms with E-state index in [1.165, 1.54) is 0 Å². The van der Waals surface area contributed by atoms with Crippen LogP contribution in [0, 0.1) is 5.92 Å². The van der Waals surface area contributed by atoms with Crippen LogP contribution in [0.1, 0.15) is 26.7 Å². The molecule has 2 aliphatic heterocycles. The Morgan fingerprint density at radius 1 is 1.50 bits per heavy atom. The van der Waals surface area contributed by atoms with E-state index in [0.717, 1.165) is 25.9 Å². The van der Waals surface area contributed by atoms with Crippen molar-refractivity contribution in [2.45, 2.75) is 36.7 Å². The lowest BCUT2D eigenvalue weighted by atomic mass is 9.80. The Balaban J connectivity index is 2.22. The molecule has 4 nitrogen and oxygen atoms in total. The zero-order chi connectivity index (χ0) is 13.3. The molecule has 2 unspecified atom stereocenters. The topological polar surface area (TPSA) is 46.6 Å². The van der Waals surface area contributed by atoms with Crippen molar-refractivity contribution in [3.05, 3.63) is 0 Å². The molecule has 0 bridgehead atoms. The molecule has 2 rings (SSSR count). The summed E-state index contributed by atoms with van der Waals surface area (Å²) >= 11 is 1.68. The van der Waals surface area contributed by atoms with E-state index in [-0.39, 0.29) is 21.7 Å². The van der Waals surface area contributed by atoms with Crippen LogP contribution in [0.15, 0.2) is 0 Å². The minimum absolute atomic E-state index is 0.0583. The van der Waals surface area contributed by atoms with E-state index in [1.54, 1.807) is 18.7 Å². The van der Waals surface area contributed by atoms with Gasteiger partial charge in [0.2, 0.25) is 0 Å². The number of ketones is 1. The van der Waals surface area contributed by atoms with Gasteiger partial charge in [-0.15, -0.1) is 11.8 Å². The van der Waals surface area contributed by atoms with Gasteiger partial charge in [0.15, 0.2) is 5.78 Å². The molecular weight excluding hydrogens is 250 g/mol. The first-order valence-electron chi connectivity index (χ1n) is 6.57. The van der Waals surface area contributed by atoms with Crippen molar-refractivity contribution in [2.24, 2.45) is 5.92 Å². The fraction of sp³-hybridized carbons (Fsp3) is 0.846. The molecule has 0 aromatic rings. The highest BCUT2D eigenvalue weighted by atomic mass is 32.2. The number of piperidine rings is 1. The third-order valence-electron chi connectivity index (χ3n) is 3.98. The first kappa shape index (κ1) is 13.9. The third kappa shape index (κ3) is 2.30. The molecule has 0 saturated carbocycles. The molecule has 2 heterocycles. The van der Waals surface area contributed by atoms with Gasteiger partial charge in [-0.05, 0) is 46.8 Å². The fourth-order valence-electron chi connectivity index (χ4n) is 2.93. The average Bonchev–Trinajstić information content (AvgIpc) is 2.56. The Kier molecular flexibility index (Phi) is 4.02. The second-order valence-electron chi connectivity index (χ2n) is 5.22. The van der Waals surface area contributed by atoms with Crippen molar-refractivity contribution in [1.82, 2.24) is 4.90 Å². The van der Waals surface area contributed by atoms with Gasteiger partial charge in [0.25, 0.3) is 0 Å². The van der Waals surface area contributed by atoms with Gasteiger partial charge in [-0.25, -0.2) is 0 Å². The number of carbonyl (C=O) groups excluding carboxylic acids is 2. The zero-order valence-corrected chi connectivity index (χ0v) is 12.1. The minimum atomic E-state index is -0.550. The molecule has 1 spiro atoms. The molecule has 0 radical (unpaired) electrons. The van der Waals surface area contributed by atoms with Crippen LogP contribution >= 0.6 is 11.8 Å². The van der Waals surface area contributed by atoms with Crippen LogP contribution in [0.4, 0.5) is 0 Å². The number of Topliss-reactive ketones (excluding diaryl/α,β-unsaturated/α-hetero) is 1. The van der Waals surface area contributed by atoms with Crippen LogP contribution in [0.3, 0.4) is 0 Å².